The summed E-state index contributed by atoms with van der Waals surface area (Å²) in [7, 11) is 0. The van der Waals surface area contributed by atoms with Crippen LogP contribution >= 0.6 is 11.6 Å². The molecule has 2 rings (SSSR count). The maximum absolute atomic E-state index is 11.5. The summed E-state index contributed by atoms with van der Waals surface area (Å²) in [6.45, 7) is 16.6. The molecule has 1 aromatic rings. The van der Waals surface area contributed by atoms with Crippen LogP contribution in [-0.4, -0.2) is 68.4 Å². The van der Waals surface area contributed by atoms with Gasteiger partial charge in [-0.3, -0.25) is 9.69 Å². The molecule has 1 heterocycles. The zero-order valence-corrected chi connectivity index (χ0v) is 22.4. The zero-order chi connectivity index (χ0) is 24.6. The number of carbonyl (C=O) groups is 1. The summed E-state index contributed by atoms with van der Waals surface area (Å²) in [4.78, 5) is 19.1. The number of unbranched alkanes of at least 4 members (excludes halogenated alkanes) is 1. The second-order valence-corrected chi connectivity index (χ2v) is 10.1. The molecule has 190 valence electrons. The number of hydrogen-bond donors (Lipinski definition) is 0. The predicted molar refractivity (Wildman–Crippen MR) is 148 cm³/mol. The molecule has 1 aromatic carbocycles. The summed E-state index contributed by atoms with van der Waals surface area (Å²) in [5.74, 6) is 0. The number of rotatable bonds is 17. The molecule has 0 aromatic heterocycles. The van der Waals surface area contributed by atoms with E-state index in [2.05, 4.69) is 46.4 Å². The standard InChI is InChI=1S/C29H46ClN3O/c1-4-6-12-28-14-13-27(25-34)24-29(28)33(20-7-5-2)23-22-32(21-15-26(3)30)19-11-18-31-16-9-8-10-17-31/h5,13-15,24-25H,2,4,6-12,16-23H2,1,3H3/b26-15+. The van der Waals surface area contributed by atoms with Crippen molar-refractivity contribution in [2.75, 3.05) is 57.3 Å². The van der Waals surface area contributed by atoms with Crippen LogP contribution in [0, 0.1) is 0 Å². The molecule has 1 saturated heterocycles. The van der Waals surface area contributed by atoms with Crippen LogP contribution in [0.25, 0.3) is 0 Å². The van der Waals surface area contributed by atoms with Crippen LogP contribution in [0.2, 0.25) is 0 Å². The second kappa shape index (κ2) is 16.9. The Hall–Kier alpha value is -1.62. The fourth-order valence-corrected chi connectivity index (χ4v) is 4.71. The monoisotopic (exact) mass is 487 g/mol. The maximum atomic E-state index is 11.5. The summed E-state index contributed by atoms with van der Waals surface area (Å²) in [5.41, 5.74) is 3.29. The molecule has 0 N–H and O–H groups in total. The lowest BCUT2D eigenvalue weighted by Gasteiger charge is -2.31. The SMILES string of the molecule is C=CCCN(CCN(C/C=C(\C)Cl)CCCN1CCCCC1)c1cc(C=O)ccc1CCCC. The predicted octanol–water partition coefficient (Wildman–Crippen LogP) is 6.54. The lowest BCUT2D eigenvalue weighted by molar-refractivity contribution is 0.112. The molecule has 0 spiro atoms. The summed E-state index contributed by atoms with van der Waals surface area (Å²) >= 11 is 6.18. The van der Waals surface area contributed by atoms with Crippen LogP contribution in [0.4, 0.5) is 5.69 Å². The Balaban J connectivity index is 2.09. The third kappa shape index (κ3) is 10.8. The van der Waals surface area contributed by atoms with Crippen LogP contribution in [0.1, 0.15) is 74.7 Å². The van der Waals surface area contributed by atoms with Gasteiger partial charge in [0, 0.05) is 42.5 Å². The van der Waals surface area contributed by atoms with Gasteiger partial charge in [0.1, 0.15) is 6.29 Å². The number of nitrogens with zero attached hydrogens (tertiary/aromatic N) is 3. The quantitative estimate of drug-likeness (QED) is 0.184. The number of piperidine rings is 1. The van der Waals surface area contributed by atoms with Gasteiger partial charge in [-0.15, -0.1) is 6.58 Å². The Kier molecular flexibility index (Phi) is 14.2. The van der Waals surface area contributed by atoms with E-state index in [0.29, 0.717) is 0 Å². The topological polar surface area (TPSA) is 26.8 Å². The number of aryl methyl sites for hydroxylation is 1. The Morgan fingerprint density at radius 3 is 2.59 bits per heavy atom. The van der Waals surface area contributed by atoms with Gasteiger partial charge < -0.3 is 9.80 Å². The number of hydrogen-bond acceptors (Lipinski definition) is 4. The van der Waals surface area contributed by atoms with E-state index in [1.807, 2.05) is 19.1 Å². The highest BCUT2D eigenvalue weighted by Crippen LogP contribution is 2.24. The van der Waals surface area contributed by atoms with Gasteiger partial charge in [0.15, 0.2) is 0 Å². The Bertz CT molecular complexity index is 754. The van der Waals surface area contributed by atoms with Gasteiger partial charge in [0.25, 0.3) is 0 Å². The highest BCUT2D eigenvalue weighted by molar-refractivity contribution is 6.29. The van der Waals surface area contributed by atoms with Gasteiger partial charge in [-0.25, -0.2) is 0 Å². The van der Waals surface area contributed by atoms with Gasteiger partial charge >= 0.3 is 0 Å². The van der Waals surface area contributed by atoms with Crippen molar-refractivity contribution in [1.82, 2.24) is 9.80 Å². The minimum Gasteiger partial charge on any atom is -0.370 e. The van der Waals surface area contributed by atoms with Gasteiger partial charge in [0.2, 0.25) is 0 Å². The number of anilines is 1. The zero-order valence-electron chi connectivity index (χ0n) is 21.6. The van der Waals surface area contributed by atoms with E-state index in [-0.39, 0.29) is 0 Å². The third-order valence-corrected chi connectivity index (χ3v) is 6.86. The van der Waals surface area contributed by atoms with Crippen LogP contribution in [-0.2, 0) is 6.42 Å². The van der Waals surface area contributed by atoms with Crippen molar-refractivity contribution in [1.29, 1.82) is 0 Å². The van der Waals surface area contributed by atoms with E-state index in [1.165, 1.54) is 56.6 Å². The molecule has 0 unspecified atom stereocenters. The highest BCUT2D eigenvalue weighted by Gasteiger charge is 2.15. The minimum atomic E-state index is 0.748. The number of benzene rings is 1. The number of halogens is 1. The van der Waals surface area contributed by atoms with Crippen molar-refractivity contribution in [3.8, 4) is 0 Å². The van der Waals surface area contributed by atoms with Crippen LogP contribution in [0.3, 0.4) is 0 Å². The Morgan fingerprint density at radius 1 is 1.12 bits per heavy atom. The molecule has 1 aliphatic heterocycles. The number of likely N-dealkylation sites (tertiary alicyclic amines) is 1. The first-order valence-electron chi connectivity index (χ1n) is 13.3. The first-order valence-corrected chi connectivity index (χ1v) is 13.7. The summed E-state index contributed by atoms with van der Waals surface area (Å²) < 4.78 is 0. The number of carbonyl (C=O) groups excluding carboxylic acids is 1. The molecular weight excluding hydrogens is 442 g/mol. The van der Waals surface area contributed by atoms with E-state index in [9.17, 15) is 4.79 Å². The minimum absolute atomic E-state index is 0.748. The molecule has 0 saturated carbocycles. The second-order valence-electron chi connectivity index (χ2n) is 9.52. The van der Waals surface area contributed by atoms with Crippen molar-refractivity contribution in [3.05, 3.63) is 53.1 Å². The highest BCUT2D eigenvalue weighted by atomic mass is 35.5. The van der Waals surface area contributed by atoms with Gasteiger partial charge in [0.05, 0.1) is 0 Å². The van der Waals surface area contributed by atoms with Crippen molar-refractivity contribution >= 4 is 23.6 Å². The first kappa shape index (κ1) is 28.6. The summed E-state index contributed by atoms with van der Waals surface area (Å²) in [6, 6.07) is 6.17. The fourth-order valence-electron chi connectivity index (χ4n) is 4.64. The lowest BCUT2D eigenvalue weighted by atomic mass is 10.0. The molecule has 0 aliphatic carbocycles. The van der Waals surface area contributed by atoms with Crippen molar-refractivity contribution in [2.24, 2.45) is 0 Å². The van der Waals surface area contributed by atoms with Gasteiger partial charge in [-0.05, 0) is 83.3 Å². The average Bonchev–Trinajstić information content (AvgIpc) is 2.86. The smallest absolute Gasteiger partial charge is 0.150 e. The van der Waals surface area contributed by atoms with E-state index in [0.717, 1.165) is 75.3 Å². The number of aldehydes is 1. The van der Waals surface area contributed by atoms with E-state index >= 15 is 0 Å². The molecule has 1 fully saturated rings. The van der Waals surface area contributed by atoms with E-state index in [1.54, 1.807) is 0 Å². The summed E-state index contributed by atoms with van der Waals surface area (Å²) in [5, 5.41) is 0.852. The molecule has 5 heteroatoms. The number of allylic oxidation sites excluding steroid dienone is 1. The third-order valence-electron chi connectivity index (χ3n) is 6.70. The first-order chi connectivity index (χ1) is 16.6. The molecule has 4 nitrogen and oxygen atoms in total. The van der Waals surface area contributed by atoms with Crippen molar-refractivity contribution in [3.63, 3.8) is 0 Å². The van der Waals surface area contributed by atoms with Gasteiger partial charge in [-0.1, -0.05) is 55.7 Å². The average molecular weight is 488 g/mol. The molecule has 0 atom stereocenters. The van der Waals surface area contributed by atoms with Crippen molar-refractivity contribution in [2.45, 2.75) is 65.2 Å². The lowest BCUT2D eigenvalue weighted by Crippen LogP contribution is -2.38. The molecule has 1 aliphatic rings. The Labute approximate surface area is 213 Å². The molecule has 0 amide bonds. The van der Waals surface area contributed by atoms with E-state index in [4.69, 9.17) is 11.6 Å². The largest absolute Gasteiger partial charge is 0.370 e. The van der Waals surface area contributed by atoms with Gasteiger partial charge in [-0.2, -0.15) is 0 Å². The van der Waals surface area contributed by atoms with Crippen LogP contribution < -0.4 is 4.90 Å². The molecular formula is C29H46ClN3O. The summed E-state index contributed by atoms with van der Waals surface area (Å²) in [6.07, 6.45) is 14.6. The van der Waals surface area contributed by atoms with Crippen LogP contribution in [0.5, 0.6) is 0 Å². The molecule has 0 bridgehead atoms. The fraction of sp³-hybridized carbons (Fsp3) is 0.621. The molecule has 0 radical (unpaired) electrons. The van der Waals surface area contributed by atoms with Crippen LogP contribution in [0.15, 0.2) is 42.0 Å². The van der Waals surface area contributed by atoms with E-state index < -0.39 is 0 Å². The molecule has 34 heavy (non-hydrogen) atoms. The normalized spacial score (nSPS) is 15.0. The maximum Gasteiger partial charge on any atom is 0.150 e. The van der Waals surface area contributed by atoms with Crippen molar-refractivity contribution < 1.29 is 4.79 Å². The Morgan fingerprint density at radius 2 is 1.91 bits per heavy atom.